The molecule has 0 saturated carbocycles. The summed E-state index contributed by atoms with van der Waals surface area (Å²) in [6.45, 7) is 6.30. The molecule has 186 valence electrons. The summed E-state index contributed by atoms with van der Waals surface area (Å²) in [5.41, 5.74) is 5.05. The molecule has 0 spiro atoms. The van der Waals surface area contributed by atoms with Crippen molar-refractivity contribution in [3.63, 3.8) is 0 Å². The first-order valence-corrected chi connectivity index (χ1v) is 12.0. The van der Waals surface area contributed by atoms with E-state index in [1.165, 1.54) is 19.1 Å². The Morgan fingerprint density at radius 3 is 2.73 bits per heavy atom. The van der Waals surface area contributed by atoms with E-state index in [-0.39, 0.29) is 59.4 Å². The maximum absolute atomic E-state index is 14.2. The molecule has 9 heteroatoms. The third-order valence-electron chi connectivity index (χ3n) is 6.59. The predicted octanol–water partition coefficient (Wildman–Crippen LogP) is 5.18. The number of fused-ring (bicyclic) bond motifs is 3. The first kappa shape index (κ1) is 25.6. The Kier molecular flexibility index (Phi) is 6.91. The number of carbonyl (C=O) groups excluding carboxylic acids is 1. The molecular formula is C28H27FN3NaO4. The van der Waals surface area contributed by atoms with E-state index in [0.29, 0.717) is 24.5 Å². The Morgan fingerprint density at radius 2 is 1.95 bits per heavy atom. The fraction of sp³-hybridized carbons (Fsp3) is 0.286. The molecule has 1 aromatic heterocycles. The molecule has 0 bridgehead atoms. The van der Waals surface area contributed by atoms with E-state index < -0.39 is 0 Å². The molecule has 2 aliphatic heterocycles. The van der Waals surface area contributed by atoms with Crippen LogP contribution in [0.25, 0.3) is 16.7 Å². The van der Waals surface area contributed by atoms with Crippen molar-refractivity contribution in [2.24, 2.45) is 0 Å². The number of esters is 1. The van der Waals surface area contributed by atoms with Gasteiger partial charge in [0.15, 0.2) is 6.10 Å². The minimum absolute atomic E-state index is 0. The third-order valence-corrected chi connectivity index (χ3v) is 6.59. The number of para-hydroxylation sites is 1. The first-order chi connectivity index (χ1) is 17.4. The predicted molar refractivity (Wildman–Crippen MR) is 141 cm³/mol. The summed E-state index contributed by atoms with van der Waals surface area (Å²) in [5, 5.41) is 3.54. The molecule has 2 atom stereocenters. The summed E-state index contributed by atoms with van der Waals surface area (Å²) in [5.74, 6) is 1.81. The van der Waals surface area contributed by atoms with Crippen molar-refractivity contribution in [3.05, 3.63) is 77.4 Å². The van der Waals surface area contributed by atoms with Crippen molar-refractivity contribution >= 4 is 52.2 Å². The van der Waals surface area contributed by atoms with Gasteiger partial charge in [0.25, 0.3) is 0 Å². The fourth-order valence-electron chi connectivity index (χ4n) is 5.00. The molecule has 37 heavy (non-hydrogen) atoms. The van der Waals surface area contributed by atoms with Crippen LogP contribution in [0.1, 0.15) is 55.8 Å². The number of aromatic nitrogens is 2. The number of hydrogen-bond donors (Lipinski definition) is 1. The topological polar surface area (TPSA) is 74.6 Å². The number of anilines is 1. The van der Waals surface area contributed by atoms with Crippen molar-refractivity contribution in [2.45, 2.75) is 38.8 Å². The van der Waals surface area contributed by atoms with Crippen molar-refractivity contribution in [1.82, 2.24) is 9.55 Å². The van der Waals surface area contributed by atoms with Crippen molar-refractivity contribution in [3.8, 4) is 17.2 Å². The van der Waals surface area contributed by atoms with Gasteiger partial charge in [0.05, 0.1) is 22.8 Å². The molecule has 2 aliphatic rings. The molecule has 0 aliphatic carbocycles. The SMILES string of the molecule is CC(=O)O[C@@H]1COc2cc(N[C@@H]3COc4c3cccc4-n3c(C(C)C)nc4ccc(F)cc43)ccc21.[NaH]. The molecule has 1 N–H and O–H groups in total. The minimum atomic E-state index is -0.380. The van der Waals surface area contributed by atoms with Gasteiger partial charge < -0.3 is 19.5 Å². The van der Waals surface area contributed by atoms with Crippen LogP contribution in [0.2, 0.25) is 0 Å². The Hall–Kier alpha value is -3.07. The molecule has 3 aromatic carbocycles. The van der Waals surface area contributed by atoms with Crippen LogP contribution in [0.15, 0.2) is 54.6 Å². The Labute approximate surface area is 236 Å². The molecule has 7 nitrogen and oxygen atoms in total. The normalized spacial score (nSPS) is 17.5. The number of imidazole rings is 1. The van der Waals surface area contributed by atoms with Crippen LogP contribution in [-0.2, 0) is 9.53 Å². The zero-order valence-electron chi connectivity index (χ0n) is 20.2. The number of carbonyl (C=O) groups is 1. The number of nitrogens with zero attached hydrogens (tertiary/aromatic N) is 2. The van der Waals surface area contributed by atoms with Crippen LogP contribution < -0.4 is 14.8 Å². The summed E-state index contributed by atoms with van der Waals surface area (Å²) >= 11 is 0. The summed E-state index contributed by atoms with van der Waals surface area (Å²) in [6.07, 6.45) is -0.380. The van der Waals surface area contributed by atoms with Crippen LogP contribution in [0.3, 0.4) is 0 Å². The standard InChI is InChI=1S/C28H26FN3O4.Na.H/c1-15(2)28-31-21-10-7-17(29)11-24(21)32(28)23-6-4-5-19-22(13-35-27(19)23)30-18-8-9-20-25(12-18)34-14-26(20)36-16(3)33;;/h4-12,15,22,26,30H,13-14H2,1-3H3;;/t22-,26-;;/m1../s1. The van der Waals surface area contributed by atoms with Crippen molar-refractivity contribution in [1.29, 1.82) is 0 Å². The van der Waals surface area contributed by atoms with Gasteiger partial charge in [0.1, 0.15) is 36.4 Å². The molecule has 0 fully saturated rings. The summed E-state index contributed by atoms with van der Waals surface area (Å²) < 4.78 is 33.5. The number of benzene rings is 3. The first-order valence-electron chi connectivity index (χ1n) is 12.0. The Morgan fingerprint density at radius 1 is 1.11 bits per heavy atom. The van der Waals surface area contributed by atoms with Gasteiger partial charge in [-0.2, -0.15) is 0 Å². The number of halogens is 1. The molecule has 0 radical (unpaired) electrons. The van der Waals surface area contributed by atoms with Gasteiger partial charge in [-0.15, -0.1) is 0 Å². The molecule has 4 aromatic rings. The maximum atomic E-state index is 14.2. The summed E-state index contributed by atoms with van der Waals surface area (Å²) in [4.78, 5) is 16.1. The fourth-order valence-corrected chi connectivity index (χ4v) is 5.00. The van der Waals surface area contributed by atoms with Crippen LogP contribution >= 0.6 is 0 Å². The van der Waals surface area contributed by atoms with E-state index in [9.17, 15) is 9.18 Å². The van der Waals surface area contributed by atoms with Gasteiger partial charge in [0, 0.05) is 41.8 Å². The molecular weight excluding hydrogens is 484 g/mol. The average molecular weight is 512 g/mol. The molecule has 0 unspecified atom stereocenters. The van der Waals surface area contributed by atoms with Crippen LogP contribution in [0.4, 0.5) is 10.1 Å². The van der Waals surface area contributed by atoms with E-state index in [4.69, 9.17) is 19.2 Å². The van der Waals surface area contributed by atoms with Gasteiger partial charge in [-0.05, 0) is 30.3 Å². The molecule has 0 saturated heterocycles. The summed E-state index contributed by atoms with van der Waals surface area (Å²) in [7, 11) is 0. The second-order valence-corrected chi connectivity index (χ2v) is 9.46. The Balaban J connectivity index is 0.00000280. The van der Waals surface area contributed by atoms with E-state index in [1.54, 1.807) is 6.07 Å². The average Bonchev–Trinajstić information content (AvgIpc) is 3.54. The zero-order valence-corrected chi connectivity index (χ0v) is 20.2. The van der Waals surface area contributed by atoms with Crippen molar-refractivity contribution in [2.75, 3.05) is 18.5 Å². The quantitative estimate of drug-likeness (QED) is 0.294. The number of nitrogens with one attached hydrogen (secondary N) is 1. The van der Waals surface area contributed by atoms with Gasteiger partial charge in [-0.3, -0.25) is 9.36 Å². The van der Waals surface area contributed by atoms with Gasteiger partial charge in [-0.1, -0.05) is 26.0 Å². The molecule has 6 rings (SSSR count). The van der Waals surface area contributed by atoms with Gasteiger partial charge in [-0.25, -0.2) is 9.37 Å². The second kappa shape index (κ2) is 10.0. The van der Waals surface area contributed by atoms with Gasteiger partial charge >= 0.3 is 35.5 Å². The zero-order chi connectivity index (χ0) is 25.0. The second-order valence-electron chi connectivity index (χ2n) is 9.46. The van der Waals surface area contributed by atoms with E-state index in [1.807, 2.05) is 41.0 Å². The van der Waals surface area contributed by atoms with Crippen LogP contribution in [-0.4, -0.2) is 58.3 Å². The number of ether oxygens (including phenoxy) is 3. The third kappa shape index (κ3) is 4.58. The monoisotopic (exact) mass is 511 g/mol. The van der Waals surface area contributed by atoms with E-state index >= 15 is 0 Å². The molecule has 3 heterocycles. The number of rotatable bonds is 5. The summed E-state index contributed by atoms with van der Waals surface area (Å²) in [6, 6.07) is 16.4. The van der Waals surface area contributed by atoms with Crippen LogP contribution in [0.5, 0.6) is 11.5 Å². The van der Waals surface area contributed by atoms with Crippen LogP contribution in [0, 0.1) is 5.82 Å². The van der Waals surface area contributed by atoms with E-state index in [2.05, 4.69) is 19.2 Å². The van der Waals surface area contributed by atoms with Crippen molar-refractivity contribution < 1.29 is 23.4 Å². The number of hydrogen-bond acceptors (Lipinski definition) is 6. The van der Waals surface area contributed by atoms with E-state index in [0.717, 1.165) is 39.6 Å². The molecule has 0 amide bonds. The van der Waals surface area contributed by atoms with Gasteiger partial charge in [0.2, 0.25) is 0 Å². The Bertz CT molecular complexity index is 1500.